The van der Waals surface area contributed by atoms with E-state index in [-0.39, 0.29) is 23.7 Å². The predicted molar refractivity (Wildman–Crippen MR) is 129 cm³/mol. The topological polar surface area (TPSA) is 68.9 Å². The summed E-state index contributed by atoms with van der Waals surface area (Å²) in [5.41, 5.74) is 6.10. The number of carbonyl (C=O) groups excluding carboxylic acids is 1. The lowest BCUT2D eigenvalue weighted by molar-refractivity contribution is -0.116. The Hall–Kier alpha value is -3.74. The monoisotopic (exact) mass is 446 g/mol. The molecule has 0 aliphatic rings. The molecule has 0 fully saturated rings. The number of nitrogens with one attached hydrogen (secondary N) is 1. The van der Waals surface area contributed by atoms with Crippen LogP contribution in [0.15, 0.2) is 47.3 Å². The van der Waals surface area contributed by atoms with E-state index in [1.165, 1.54) is 16.7 Å². The number of aromatic nitrogens is 3. The van der Waals surface area contributed by atoms with Crippen molar-refractivity contribution in [2.24, 2.45) is 7.05 Å². The van der Waals surface area contributed by atoms with Crippen molar-refractivity contribution in [3.8, 4) is 5.69 Å². The van der Waals surface area contributed by atoms with Crippen molar-refractivity contribution in [2.75, 3.05) is 5.32 Å². The molecule has 4 rings (SSSR count). The normalized spacial score (nSPS) is 11.2. The molecule has 0 saturated carbocycles. The lowest BCUT2D eigenvalue weighted by atomic mass is 10.0. The average Bonchev–Trinajstić information content (AvgIpc) is 3.12. The summed E-state index contributed by atoms with van der Waals surface area (Å²) in [6, 6.07) is 11.9. The molecule has 6 nitrogen and oxygen atoms in total. The maximum atomic E-state index is 13.8. The maximum Gasteiger partial charge on any atom is 0.255 e. The van der Waals surface area contributed by atoms with Gasteiger partial charge in [0, 0.05) is 30.1 Å². The van der Waals surface area contributed by atoms with Crippen molar-refractivity contribution >= 4 is 22.6 Å². The van der Waals surface area contributed by atoms with Crippen LogP contribution in [-0.4, -0.2) is 20.3 Å². The van der Waals surface area contributed by atoms with E-state index in [1.807, 2.05) is 45.9 Å². The summed E-state index contributed by atoms with van der Waals surface area (Å²) in [6.45, 7) is 7.77. The third-order valence-corrected chi connectivity index (χ3v) is 6.19. The van der Waals surface area contributed by atoms with E-state index < -0.39 is 0 Å². The van der Waals surface area contributed by atoms with Crippen molar-refractivity contribution < 1.29 is 9.18 Å². The number of halogens is 1. The molecular formula is C26H27FN4O2. The van der Waals surface area contributed by atoms with Gasteiger partial charge in [0.05, 0.1) is 11.4 Å². The largest absolute Gasteiger partial charge is 0.326 e. The molecule has 2 aromatic carbocycles. The van der Waals surface area contributed by atoms with E-state index in [0.29, 0.717) is 23.3 Å². The molecule has 33 heavy (non-hydrogen) atoms. The van der Waals surface area contributed by atoms with E-state index in [4.69, 9.17) is 0 Å². The second-order valence-electron chi connectivity index (χ2n) is 8.49. The zero-order valence-electron chi connectivity index (χ0n) is 19.5. The fourth-order valence-electron chi connectivity index (χ4n) is 4.24. The van der Waals surface area contributed by atoms with Gasteiger partial charge < -0.3 is 5.32 Å². The van der Waals surface area contributed by atoms with Gasteiger partial charge in [-0.3, -0.25) is 14.2 Å². The van der Waals surface area contributed by atoms with Crippen LogP contribution in [0.25, 0.3) is 16.7 Å². The highest BCUT2D eigenvalue weighted by molar-refractivity contribution is 5.91. The fourth-order valence-corrected chi connectivity index (χ4v) is 4.24. The average molecular weight is 447 g/mol. The highest BCUT2D eigenvalue weighted by Crippen LogP contribution is 2.26. The van der Waals surface area contributed by atoms with Crippen molar-refractivity contribution in [1.29, 1.82) is 0 Å². The molecule has 2 heterocycles. The number of aryl methyl sites for hydroxylation is 5. The second kappa shape index (κ2) is 8.65. The van der Waals surface area contributed by atoms with Gasteiger partial charge in [-0.2, -0.15) is 5.10 Å². The first-order valence-corrected chi connectivity index (χ1v) is 10.9. The van der Waals surface area contributed by atoms with Crippen LogP contribution in [0.3, 0.4) is 0 Å². The fraction of sp³-hybridized carbons (Fsp3) is 0.269. The molecular weight excluding hydrogens is 419 g/mol. The Balaban J connectivity index is 1.66. The van der Waals surface area contributed by atoms with Gasteiger partial charge in [-0.05, 0) is 81.1 Å². The molecule has 0 atom stereocenters. The Labute approximate surface area is 191 Å². The number of benzene rings is 2. The molecule has 0 aliphatic heterocycles. The highest BCUT2D eigenvalue weighted by atomic mass is 19.1. The van der Waals surface area contributed by atoms with Gasteiger partial charge >= 0.3 is 0 Å². The summed E-state index contributed by atoms with van der Waals surface area (Å²) in [5.74, 6) is -0.520. The Morgan fingerprint density at radius 2 is 1.82 bits per heavy atom. The zero-order valence-corrected chi connectivity index (χ0v) is 19.5. The summed E-state index contributed by atoms with van der Waals surface area (Å²) >= 11 is 0. The molecule has 7 heteroatoms. The van der Waals surface area contributed by atoms with Gasteiger partial charge in [0.25, 0.3) is 5.56 Å². The van der Waals surface area contributed by atoms with Crippen molar-refractivity contribution in [2.45, 2.75) is 40.5 Å². The number of hydrogen-bond acceptors (Lipinski definition) is 3. The summed E-state index contributed by atoms with van der Waals surface area (Å²) < 4.78 is 16.9. The summed E-state index contributed by atoms with van der Waals surface area (Å²) in [5, 5.41) is 8.33. The molecule has 0 unspecified atom stereocenters. The van der Waals surface area contributed by atoms with Crippen LogP contribution in [0.4, 0.5) is 10.1 Å². The summed E-state index contributed by atoms with van der Waals surface area (Å²) in [4.78, 5) is 25.8. The van der Waals surface area contributed by atoms with E-state index >= 15 is 0 Å². The minimum Gasteiger partial charge on any atom is -0.326 e. The van der Waals surface area contributed by atoms with Crippen LogP contribution < -0.4 is 10.9 Å². The zero-order chi connectivity index (χ0) is 23.9. The predicted octanol–water partition coefficient (Wildman–Crippen LogP) is 4.67. The van der Waals surface area contributed by atoms with Gasteiger partial charge in [-0.25, -0.2) is 9.07 Å². The number of rotatable bonds is 5. The first kappa shape index (κ1) is 22.5. The quantitative estimate of drug-likeness (QED) is 0.484. The Morgan fingerprint density at radius 3 is 2.52 bits per heavy atom. The molecule has 1 amide bonds. The minimum atomic E-state index is -0.373. The highest BCUT2D eigenvalue weighted by Gasteiger charge is 2.20. The van der Waals surface area contributed by atoms with Crippen LogP contribution in [0, 0.1) is 33.5 Å². The maximum absolute atomic E-state index is 13.8. The Bertz CT molecular complexity index is 1450. The van der Waals surface area contributed by atoms with E-state index in [0.717, 1.165) is 33.5 Å². The first-order valence-electron chi connectivity index (χ1n) is 10.9. The molecule has 0 radical (unpaired) electrons. The summed E-state index contributed by atoms with van der Waals surface area (Å²) in [7, 11) is 1.68. The molecule has 0 bridgehead atoms. The number of hydrogen-bond donors (Lipinski definition) is 1. The molecule has 0 aliphatic carbocycles. The van der Waals surface area contributed by atoms with Crippen molar-refractivity contribution in [3.63, 3.8) is 0 Å². The molecule has 170 valence electrons. The van der Waals surface area contributed by atoms with Crippen LogP contribution in [-0.2, 0) is 18.3 Å². The lowest BCUT2D eigenvalue weighted by Gasteiger charge is -2.13. The number of nitrogens with zero attached hydrogens (tertiary/aromatic N) is 3. The van der Waals surface area contributed by atoms with Gasteiger partial charge in [0.2, 0.25) is 5.91 Å². The molecule has 0 saturated heterocycles. The first-order chi connectivity index (χ1) is 15.7. The van der Waals surface area contributed by atoms with Crippen molar-refractivity contribution in [1.82, 2.24) is 14.3 Å². The second-order valence-corrected chi connectivity index (χ2v) is 8.49. The SMILES string of the molecule is Cc1ccc(NC(=O)CCc2c(C)c3c(C)nn(-c4cccc(F)c4)c3n(C)c2=O)cc1C. The van der Waals surface area contributed by atoms with Crippen LogP contribution in [0.1, 0.15) is 34.4 Å². The Morgan fingerprint density at radius 1 is 1.06 bits per heavy atom. The molecule has 4 aromatic rings. The van der Waals surface area contributed by atoms with Crippen LogP contribution >= 0.6 is 0 Å². The standard InChI is InChI=1S/C26H27FN4O2/c1-15-9-10-20(13-16(15)2)28-23(32)12-11-22-17(3)24-18(4)29-31(25(24)30(5)26(22)33)21-8-6-7-19(27)14-21/h6-10,13-14H,11-12H2,1-5H3,(H,28,32). The van der Waals surface area contributed by atoms with Gasteiger partial charge in [-0.1, -0.05) is 12.1 Å². The van der Waals surface area contributed by atoms with E-state index in [2.05, 4.69) is 10.4 Å². The van der Waals surface area contributed by atoms with E-state index in [9.17, 15) is 14.0 Å². The van der Waals surface area contributed by atoms with E-state index in [1.54, 1.807) is 23.9 Å². The molecule has 2 aromatic heterocycles. The third-order valence-electron chi connectivity index (χ3n) is 6.19. The Kier molecular flexibility index (Phi) is 5.89. The number of fused-ring (bicyclic) bond motifs is 1. The van der Waals surface area contributed by atoms with Crippen LogP contribution in [0.5, 0.6) is 0 Å². The smallest absolute Gasteiger partial charge is 0.255 e. The number of pyridine rings is 1. The number of carbonyl (C=O) groups is 1. The van der Waals surface area contributed by atoms with Crippen LogP contribution in [0.2, 0.25) is 0 Å². The number of anilines is 1. The molecule has 0 spiro atoms. The minimum absolute atomic E-state index is 0.146. The van der Waals surface area contributed by atoms with Gasteiger partial charge in [0.1, 0.15) is 11.5 Å². The molecule has 1 N–H and O–H groups in total. The van der Waals surface area contributed by atoms with Crippen molar-refractivity contribution in [3.05, 3.63) is 86.6 Å². The van der Waals surface area contributed by atoms with Gasteiger partial charge in [-0.15, -0.1) is 0 Å². The lowest BCUT2D eigenvalue weighted by Crippen LogP contribution is -2.25. The van der Waals surface area contributed by atoms with Gasteiger partial charge in [0.15, 0.2) is 0 Å². The number of amides is 1. The third kappa shape index (κ3) is 4.18. The summed E-state index contributed by atoms with van der Waals surface area (Å²) in [6.07, 6.45) is 0.501.